The Morgan fingerprint density at radius 1 is 1.30 bits per heavy atom. The van der Waals surface area contributed by atoms with Crippen molar-refractivity contribution in [1.82, 2.24) is 4.57 Å². The van der Waals surface area contributed by atoms with Gasteiger partial charge in [0.25, 0.3) is 11.2 Å². The van der Waals surface area contributed by atoms with E-state index in [9.17, 15) is 19.7 Å². The first-order valence-electron chi connectivity index (χ1n) is 10.0. The minimum atomic E-state index is -0.596. The SMILES string of the molecule is CCOC(=O)C1=C(C)N=c2s/c(=C\C=C\c3ccc([N+](=O)[O-])cc3)c(=O)n2C1c1cccs1. The van der Waals surface area contributed by atoms with Crippen molar-refractivity contribution in [3.05, 3.63) is 99.4 Å². The van der Waals surface area contributed by atoms with Gasteiger partial charge >= 0.3 is 5.97 Å². The third kappa shape index (κ3) is 4.48. The molecule has 33 heavy (non-hydrogen) atoms. The van der Waals surface area contributed by atoms with Crippen molar-refractivity contribution in [3.63, 3.8) is 0 Å². The number of rotatable bonds is 6. The number of hydrogen-bond acceptors (Lipinski definition) is 8. The number of carbonyl (C=O) groups is 1. The van der Waals surface area contributed by atoms with E-state index >= 15 is 0 Å². The molecule has 0 aliphatic carbocycles. The molecule has 0 fully saturated rings. The number of allylic oxidation sites excluding steroid dienone is 2. The molecule has 8 nitrogen and oxygen atoms in total. The molecule has 0 bridgehead atoms. The lowest BCUT2D eigenvalue weighted by Gasteiger charge is -2.23. The van der Waals surface area contributed by atoms with Crippen LogP contribution in [0.3, 0.4) is 0 Å². The standard InChI is InChI=1S/C23H19N3O5S2/c1-3-31-22(28)19-14(2)24-23-25(20(19)17-8-5-13-32-17)21(27)18(33-23)7-4-6-15-9-11-16(12-10-15)26(29)30/h4-13,20H,3H2,1-2H3/b6-4+,18-7-. The minimum absolute atomic E-state index is 0.0156. The normalized spacial score (nSPS) is 16.1. The number of ether oxygens (including phenoxy) is 1. The Hall–Kier alpha value is -3.63. The number of esters is 1. The highest BCUT2D eigenvalue weighted by molar-refractivity contribution is 7.10. The molecule has 1 atom stereocenters. The minimum Gasteiger partial charge on any atom is -0.463 e. The van der Waals surface area contributed by atoms with Crippen LogP contribution in [0, 0.1) is 10.1 Å². The molecule has 0 saturated heterocycles. The smallest absolute Gasteiger partial charge is 0.338 e. The summed E-state index contributed by atoms with van der Waals surface area (Å²) in [6.45, 7) is 3.71. The van der Waals surface area contributed by atoms with E-state index in [1.54, 1.807) is 48.8 Å². The van der Waals surface area contributed by atoms with Crippen LogP contribution in [-0.4, -0.2) is 22.1 Å². The number of thiophene rings is 1. The molecule has 0 spiro atoms. The van der Waals surface area contributed by atoms with Gasteiger partial charge in [0.05, 0.1) is 27.3 Å². The number of benzene rings is 1. The summed E-state index contributed by atoms with van der Waals surface area (Å²) in [6, 6.07) is 9.29. The molecule has 168 valence electrons. The average Bonchev–Trinajstić information content (AvgIpc) is 3.42. The van der Waals surface area contributed by atoms with Crippen molar-refractivity contribution < 1.29 is 14.5 Å². The van der Waals surface area contributed by atoms with Crippen molar-refractivity contribution >= 4 is 46.5 Å². The lowest BCUT2D eigenvalue weighted by Crippen LogP contribution is -2.39. The van der Waals surface area contributed by atoms with Gasteiger partial charge in [0, 0.05) is 17.0 Å². The maximum absolute atomic E-state index is 13.3. The summed E-state index contributed by atoms with van der Waals surface area (Å²) in [5.41, 5.74) is 1.42. The van der Waals surface area contributed by atoms with Gasteiger partial charge in [-0.3, -0.25) is 19.5 Å². The second-order valence-corrected chi connectivity index (χ2v) is 9.04. The van der Waals surface area contributed by atoms with Gasteiger partial charge in [-0.15, -0.1) is 11.3 Å². The third-order valence-electron chi connectivity index (χ3n) is 4.97. The van der Waals surface area contributed by atoms with Gasteiger partial charge in [-0.05, 0) is 49.1 Å². The molecule has 1 aromatic carbocycles. The summed E-state index contributed by atoms with van der Waals surface area (Å²) in [6.07, 6.45) is 5.15. The zero-order valence-corrected chi connectivity index (χ0v) is 19.4. The monoisotopic (exact) mass is 481 g/mol. The number of nitro groups is 1. The predicted octanol–water partition coefficient (Wildman–Crippen LogP) is 3.43. The highest BCUT2D eigenvalue weighted by Crippen LogP contribution is 2.33. The van der Waals surface area contributed by atoms with Crippen LogP contribution in [0.25, 0.3) is 12.2 Å². The number of thiazole rings is 1. The second kappa shape index (κ2) is 9.47. The number of nitrogens with zero attached hydrogens (tertiary/aromatic N) is 3. The number of hydrogen-bond donors (Lipinski definition) is 0. The molecule has 0 radical (unpaired) electrons. The van der Waals surface area contributed by atoms with E-state index in [1.165, 1.54) is 34.8 Å². The van der Waals surface area contributed by atoms with Crippen LogP contribution in [0.15, 0.2) is 68.9 Å². The van der Waals surface area contributed by atoms with Crippen LogP contribution >= 0.6 is 22.7 Å². The molecule has 0 saturated carbocycles. The summed E-state index contributed by atoms with van der Waals surface area (Å²) in [5, 5.41) is 12.7. The molecule has 0 amide bonds. The summed E-state index contributed by atoms with van der Waals surface area (Å²) in [5.74, 6) is -0.482. The van der Waals surface area contributed by atoms with Crippen molar-refractivity contribution in [3.8, 4) is 0 Å². The van der Waals surface area contributed by atoms with E-state index in [2.05, 4.69) is 4.99 Å². The largest absolute Gasteiger partial charge is 0.463 e. The molecular formula is C23H19N3O5S2. The fourth-order valence-electron chi connectivity index (χ4n) is 3.48. The van der Waals surface area contributed by atoms with E-state index in [-0.39, 0.29) is 17.9 Å². The Kier molecular flexibility index (Phi) is 6.47. The topological polar surface area (TPSA) is 104 Å². The van der Waals surface area contributed by atoms with Gasteiger partial charge in [0.1, 0.15) is 6.04 Å². The lowest BCUT2D eigenvalue weighted by molar-refractivity contribution is -0.384. The first kappa shape index (κ1) is 22.6. The quantitative estimate of drug-likeness (QED) is 0.305. The first-order valence-corrected chi connectivity index (χ1v) is 11.7. The van der Waals surface area contributed by atoms with Gasteiger partial charge in [-0.25, -0.2) is 9.79 Å². The first-order chi connectivity index (χ1) is 15.9. The Bertz CT molecular complexity index is 1440. The predicted molar refractivity (Wildman–Crippen MR) is 128 cm³/mol. The van der Waals surface area contributed by atoms with Gasteiger partial charge in [0.15, 0.2) is 4.80 Å². The highest BCUT2D eigenvalue weighted by atomic mass is 32.1. The van der Waals surface area contributed by atoms with Gasteiger partial charge in [0.2, 0.25) is 0 Å². The zero-order valence-electron chi connectivity index (χ0n) is 17.8. The van der Waals surface area contributed by atoms with Crippen LogP contribution < -0.4 is 14.9 Å². The molecule has 1 unspecified atom stereocenters. The molecule has 1 aliphatic rings. The van der Waals surface area contributed by atoms with Crippen LogP contribution in [0.5, 0.6) is 0 Å². The summed E-state index contributed by atoms with van der Waals surface area (Å²) < 4.78 is 7.26. The van der Waals surface area contributed by atoms with Gasteiger partial charge < -0.3 is 4.74 Å². The zero-order chi connectivity index (χ0) is 23.5. The Balaban J connectivity index is 1.76. The molecule has 10 heteroatoms. The number of fused-ring (bicyclic) bond motifs is 1. The highest BCUT2D eigenvalue weighted by Gasteiger charge is 2.33. The summed E-state index contributed by atoms with van der Waals surface area (Å²) in [7, 11) is 0. The second-order valence-electron chi connectivity index (χ2n) is 7.05. The number of nitro benzene ring substituents is 1. The average molecular weight is 482 g/mol. The van der Waals surface area contributed by atoms with Gasteiger partial charge in [-0.1, -0.05) is 29.6 Å². The van der Waals surface area contributed by atoms with Crippen molar-refractivity contribution in [2.24, 2.45) is 4.99 Å². The van der Waals surface area contributed by atoms with Crippen LogP contribution in [-0.2, 0) is 9.53 Å². The van der Waals surface area contributed by atoms with Crippen LogP contribution in [0.4, 0.5) is 5.69 Å². The summed E-state index contributed by atoms with van der Waals surface area (Å²) in [4.78, 5) is 42.3. The van der Waals surface area contributed by atoms with Crippen molar-refractivity contribution in [2.75, 3.05) is 6.61 Å². The maximum atomic E-state index is 13.3. The number of non-ortho nitro benzene ring substituents is 1. The van der Waals surface area contributed by atoms with E-state index in [0.717, 1.165) is 10.4 Å². The fraction of sp³-hybridized carbons (Fsp3) is 0.174. The van der Waals surface area contributed by atoms with E-state index < -0.39 is 16.9 Å². The molecule has 1 aliphatic heterocycles. The fourth-order valence-corrected chi connectivity index (χ4v) is 5.30. The lowest BCUT2D eigenvalue weighted by atomic mass is 10.0. The molecular weight excluding hydrogens is 462 g/mol. The Morgan fingerprint density at radius 2 is 2.06 bits per heavy atom. The number of carbonyl (C=O) groups excluding carboxylic acids is 1. The molecule has 0 N–H and O–H groups in total. The molecule has 4 rings (SSSR count). The van der Waals surface area contributed by atoms with Gasteiger partial charge in [-0.2, -0.15) is 0 Å². The molecule has 3 aromatic rings. The Labute approximate surface area is 196 Å². The van der Waals surface area contributed by atoms with Crippen molar-refractivity contribution in [1.29, 1.82) is 0 Å². The number of aromatic nitrogens is 1. The van der Waals surface area contributed by atoms with E-state index in [1.807, 2.05) is 17.5 Å². The Morgan fingerprint density at radius 3 is 2.70 bits per heavy atom. The van der Waals surface area contributed by atoms with Crippen molar-refractivity contribution in [2.45, 2.75) is 19.9 Å². The van der Waals surface area contributed by atoms with Crippen LogP contribution in [0.1, 0.15) is 30.3 Å². The maximum Gasteiger partial charge on any atom is 0.338 e. The summed E-state index contributed by atoms with van der Waals surface area (Å²) >= 11 is 2.70. The molecule has 3 heterocycles. The van der Waals surface area contributed by atoms with Crippen LogP contribution in [0.2, 0.25) is 0 Å². The van der Waals surface area contributed by atoms with E-state index in [0.29, 0.717) is 20.6 Å². The third-order valence-corrected chi connectivity index (χ3v) is 6.90. The molecule has 2 aromatic heterocycles. The van der Waals surface area contributed by atoms with E-state index in [4.69, 9.17) is 4.74 Å².